The van der Waals surface area contributed by atoms with E-state index in [0.717, 1.165) is 16.8 Å². The van der Waals surface area contributed by atoms with Crippen LogP contribution in [0.2, 0.25) is 0 Å². The van der Waals surface area contributed by atoms with E-state index in [1.165, 1.54) is 43.6 Å². The van der Waals surface area contributed by atoms with Gasteiger partial charge in [0.2, 0.25) is 0 Å². The molecule has 1 rings (SSSR count). The Morgan fingerprint density at radius 1 is 1.27 bits per heavy atom. The highest BCUT2D eigenvalue weighted by atomic mass is 79.9. The first-order valence-corrected chi connectivity index (χ1v) is 7.17. The smallest absolute Gasteiger partial charge is 0.261 e. The molecule has 0 spiro atoms. The Morgan fingerprint density at radius 2 is 1.93 bits per heavy atom. The first-order chi connectivity index (χ1) is 7.24. The Hall–Kier alpha value is -0.0900. The molecule has 0 unspecified atom stereocenters. The Kier molecular flexibility index (Phi) is 6.25. The van der Waals surface area contributed by atoms with E-state index in [-0.39, 0.29) is 5.56 Å². The van der Waals surface area contributed by atoms with E-state index >= 15 is 0 Å². The van der Waals surface area contributed by atoms with Crippen molar-refractivity contribution in [2.24, 2.45) is 0 Å². The lowest BCUT2D eigenvalue weighted by molar-refractivity contribution is 0.569. The van der Waals surface area contributed by atoms with Gasteiger partial charge >= 0.3 is 0 Å². The normalized spacial score (nSPS) is 10.8. The molecular weight excluding hydrogens is 274 g/mol. The molecule has 0 amide bonds. The molecule has 15 heavy (non-hydrogen) atoms. The fourth-order valence-corrected chi connectivity index (χ4v) is 2.98. The van der Waals surface area contributed by atoms with Crippen LogP contribution in [0, 0.1) is 0 Å². The molecule has 1 aromatic rings. The Labute approximate surface area is 104 Å². The highest BCUT2D eigenvalue weighted by Crippen LogP contribution is 2.14. The lowest BCUT2D eigenvalue weighted by Gasteiger charge is -2.00. The SMILES string of the molecule is CCCCCCCCn1sc(Br)cc1=O. The summed E-state index contributed by atoms with van der Waals surface area (Å²) in [5.74, 6) is 0. The van der Waals surface area contributed by atoms with Crippen LogP contribution in [0.1, 0.15) is 45.4 Å². The number of unbranched alkanes of at least 4 members (excludes halogenated alkanes) is 5. The van der Waals surface area contributed by atoms with E-state index in [4.69, 9.17) is 0 Å². The maximum absolute atomic E-state index is 11.3. The van der Waals surface area contributed by atoms with Gasteiger partial charge in [-0.15, -0.1) is 0 Å². The molecule has 0 bridgehead atoms. The third-order valence-corrected chi connectivity index (χ3v) is 3.93. The van der Waals surface area contributed by atoms with Gasteiger partial charge in [-0.2, -0.15) is 0 Å². The maximum Gasteiger partial charge on any atom is 0.261 e. The molecule has 0 atom stereocenters. The standard InChI is InChI=1S/C11H18BrNOS/c1-2-3-4-5-6-7-8-13-11(14)9-10(12)15-13/h9H,2-8H2,1H3. The summed E-state index contributed by atoms with van der Waals surface area (Å²) in [5, 5.41) is 0. The summed E-state index contributed by atoms with van der Waals surface area (Å²) in [4.78, 5) is 11.3. The molecule has 1 aromatic heterocycles. The van der Waals surface area contributed by atoms with E-state index in [2.05, 4.69) is 22.9 Å². The summed E-state index contributed by atoms with van der Waals surface area (Å²) >= 11 is 4.83. The fourth-order valence-electron chi connectivity index (χ4n) is 1.54. The van der Waals surface area contributed by atoms with E-state index in [1.54, 1.807) is 6.07 Å². The van der Waals surface area contributed by atoms with Crippen molar-refractivity contribution in [2.45, 2.75) is 52.0 Å². The third kappa shape index (κ3) is 4.98. The van der Waals surface area contributed by atoms with E-state index in [1.807, 2.05) is 3.96 Å². The average Bonchev–Trinajstić information content (AvgIpc) is 2.51. The summed E-state index contributed by atoms with van der Waals surface area (Å²) in [6.07, 6.45) is 7.62. The predicted molar refractivity (Wildman–Crippen MR) is 69.7 cm³/mol. The predicted octanol–water partition coefficient (Wildman–Crippen LogP) is 4.03. The average molecular weight is 292 g/mol. The monoisotopic (exact) mass is 291 g/mol. The van der Waals surface area contributed by atoms with Crippen molar-refractivity contribution in [1.29, 1.82) is 0 Å². The maximum atomic E-state index is 11.3. The zero-order valence-electron chi connectivity index (χ0n) is 9.17. The van der Waals surface area contributed by atoms with Gasteiger partial charge in [-0.25, -0.2) is 0 Å². The molecule has 0 aliphatic rings. The van der Waals surface area contributed by atoms with Crippen LogP contribution in [0.3, 0.4) is 0 Å². The number of hydrogen-bond acceptors (Lipinski definition) is 2. The minimum Gasteiger partial charge on any atom is -0.268 e. The summed E-state index contributed by atoms with van der Waals surface area (Å²) in [7, 11) is 0. The van der Waals surface area contributed by atoms with E-state index in [0.29, 0.717) is 0 Å². The number of nitrogens with zero attached hydrogens (tertiary/aromatic N) is 1. The zero-order valence-corrected chi connectivity index (χ0v) is 11.6. The van der Waals surface area contributed by atoms with Gasteiger partial charge < -0.3 is 0 Å². The highest BCUT2D eigenvalue weighted by molar-refractivity contribution is 9.11. The van der Waals surface area contributed by atoms with Gasteiger partial charge in [0.05, 0.1) is 3.79 Å². The second-order valence-electron chi connectivity index (χ2n) is 3.75. The number of hydrogen-bond donors (Lipinski definition) is 0. The second kappa shape index (κ2) is 7.23. The van der Waals surface area contributed by atoms with E-state index < -0.39 is 0 Å². The van der Waals surface area contributed by atoms with Crippen molar-refractivity contribution in [2.75, 3.05) is 0 Å². The summed E-state index contributed by atoms with van der Waals surface area (Å²) < 4.78 is 2.75. The topological polar surface area (TPSA) is 22.0 Å². The van der Waals surface area contributed by atoms with Crippen molar-refractivity contribution in [3.8, 4) is 0 Å². The van der Waals surface area contributed by atoms with E-state index in [9.17, 15) is 4.79 Å². The van der Waals surface area contributed by atoms with Crippen LogP contribution in [-0.4, -0.2) is 3.96 Å². The minimum absolute atomic E-state index is 0.125. The molecular formula is C11H18BrNOS. The van der Waals surface area contributed by atoms with Crippen LogP contribution in [0.4, 0.5) is 0 Å². The Bertz CT molecular complexity index is 332. The van der Waals surface area contributed by atoms with Crippen molar-refractivity contribution in [3.05, 3.63) is 20.2 Å². The number of aromatic nitrogens is 1. The summed E-state index contributed by atoms with van der Waals surface area (Å²) in [6.45, 7) is 3.10. The van der Waals surface area contributed by atoms with Crippen molar-refractivity contribution < 1.29 is 0 Å². The first-order valence-electron chi connectivity index (χ1n) is 5.60. The van der Waals surface area contributed by atoms with Crippen LogP contribution in [-0.2, 0) is 6.54 Å². The summed E-state index contributed by atoms with van der Waals surface area (Å²) in [5.41, 5.74) is 0.125. The quantitative estimate of drug-likeness (QED) is 0.695. The second-order valence-corrected chi connectivity index (χ2v) is 6.19. The van der Waals surface area contributed by atoms with Crippen LogP contribution in [0.5, 0.6) is 0 Å². The number of rotatable bonds is 7. The number of aryl methyl sites for hydroxylation is 1. The largest absolute Gasteiger partial charge is 0.268 e. The molecule has 0 aromatic carbocycles. The van der Waals surface area contributed by atoms with Gasteiger partial charge in [-0.05, 0) is 33.9 Å². The van der Waals surface area contributed by atoms with Gasteiger partial charge in [0.25, 0.3) is 5.56 Å². The molecule has 0 saturated heterocycles. The molecule has 1 heterocycles. The van der Waals surface area contributed by atoms with Gasteiger partial charge in [0.15, 0.2) is 0 Å². The zero-order chi connectivity index (χ0) is 11.1. The lowest BCUT2D eigenvalue weighted by atomic mass is 10.1. The van der Waals surface area contributed by atoms with Crippen molar-refractivity contribution >= 4 is 27.5 Å². The third-order valence-electron chi connectivity index (χ3n) is 2.39. The van der Waals surface area contributed by atoms with Crippen molar-refractivity contribution in [1.82, 2.24) is 3.96 Å². The van der Waals surface area contributed by atoms with Crippen LogP contribution >= 0.6 is 27.5 Å². The molecule has 86 valence electrons. The van der Waals surface area contributed by atoms with Crippen LogP contribution < -0.4 is 5.56 Å². The molecule has 0 N–H and O–H groups in total. The molecule has 4 heteroatoms. The van der Waals surface area contributed by atoms with Crippen LogP contribution in [0.25, 0.3) is 0 Å². The minimum atomic E-state index is 0.125. The first kappa shape index (κ1) is 13.0. The van der Waals surface area contributed by atoms with Gasteiger partial charge in [0.1, 0.15) is 0 Å². The van der Waals surface area contributed by atoms with Crippen molar-refractivity contribution in [3.63, 3.8) is 0 Å². The van der Waals surface area contributed by atoms with Crippen LogP contribution in [0.15, 0.2) is 14.6 Å². The number of halogens is 1. The molecule has 2 nitrogen and oxygen atoms in total. The Morgan fingerprint density at radius 3 is 2.53 bits per heavy atom. The highest BCUT2D eigenvalue weighted by Gasteiger charge is 2.00. The molecule has 0 fully saturated rings. The molecule has 0 aliphatic heterocycles. The van der Waals surface area contributed by atoms with Gasteiger partial charge in [-0.3, -0.25) is 8.75 Å². The Balaban J connectivity index is 2.15. The van der Waals surface area contributed by atoms with Gasteiger partial charge in [-0.1, -0.05) is 39.0 Å². The lowest BCUT2D eigenvalue weighted by Crippen LogP contribution is -2.11. The summed E-state index contributed by atoms with van der Waals surface area (Å²) in [6, 6.07) is 1.64. The molecule has 0 radical (unpaired) electrons. The van der Waals surface area contributed by atoms with Gasteiger partial charge in [0, 0.05) is 12.6 Å². The molecule has 0 aliphatic carbocycles. The fraction of sp³-hybridized carbons (Fsp3) is 0.727. The molecule has 0 saturated carbocycles.